The zero-order valence-corrected chi connectivity index (χ0v) is 11.4. The molecule has 1 unspecified atom stereocenters. The van der Waals surface area contributed by atoms with Crippen LogP contribution in [0.4, 0.5) is 0 Å². The summed E-state index contributed by atoms with van der Waals surface area (Å²) in [6, 6.07) is 11.5. The van der Waals surface area contributed by atoms with Crippen LogP contribution in [0.5, 0.6) is 0 Å². The highest BCUT2D eigenvalue weighted by Gasteiger charge is 2.18. The Labute approximate surface area is 111 Å². The van der Waals surface area contributed by atoms with Crippen molar-refractivity contribution in [1.82, 2.24) is 10.2 Å². The van der Waals surface area contributed by atoms with E-state index in [4.69, 9.17) is 0 Å². The third kappa shape index (κ3) is 3.98. The fourth-order valence-electron chi connectivity index (χ4n) is 2.56. The van der Waals surface area contributed by atoms with Gasteiger partial charge >= 0.3 is 0 Å². The fraction of sp³-hybridized carbons (Fsp3) is 0.571. The van der Waals surface area contributed by atoms with E-state index < -0.39 is 0 Å². The van der Waals surface area contributed by atoms with Gasteiger partial charge in [-0.05, 0) is 24.9 Å². The van der Waals surface area contributed by atoms with Crippen LogP contribution in [0.25, 0.3) is 0 Å². The maximum absolute atomic E-state index is 3.47. The number of benzene rings is 1. The highest BCUT2D eigenvalue weighted by Crippen LogP contribution is 2.24. The van der Waals surface area contributed by atoms with Gasteiger partial charge in [0.25, 0.3) is 0 Å². The second-order valence-electron chi connectivity index (χ2n) is 4.47. The summed E-state index contributed by atoms with van der Waals surface area (Å²) in [6.45, 7) is 6.98. The molecular formula is C14H23ClN2. The van der Waals surface area contributed by atoms with Gasteiger partial charge in [-0.1, -0.05) is 37.3 Å². The molecule has 0 saturated carbocycles. The van der Waals surface area contributed by atoms with E-state index in [2.05, 4.69) is 47.5 Å². The lowest BCUT2D eigenvalue weighted by Crippen LogP contribution is -2.32. The van der Waals surface area contributed by atoms with Gasteiger partial charge in [-0.3, -0.25) is 4.90 Å². The fourth-order valence-corrected chi connectivity index (χ4v) is 2.56. The molecule has 0 radical (unpaired) electrons. The standard InChI is InChI=1S/C14H22N2.ClH/c1-2-14(13-7-4-3-5-8-13)16-11-6-9-15-10-12-16;/h3-5,7-8,14-15H,2,6,9-12H2,1H3;1H. The molecule has 1 aromatic rings. The van der Waals surface area contributed by atoms with Crippen LogP contribution < -0.4 is 5.32 Å². The summed E-state index contributed by atoms with van der Waals surface area (Å²) in [5.74, 6) is 0. The monoisotopic (exact) mass is 254 g/mol. The predicted octanol–water partition coefficient (Wildman–Crippen LogP) is 2.85. The zero-order chi connectivity index (χ0) is 11.2. The van der Waals surface area contributed by atoms with Crippen LogP contribution in [-0.4, -0.2) is 31.1 Å². The lowest BCUT2D eigenvalue weighted by atomic mass is 10.0. The van der Waals surface area contributed by atoms with Crippen molar-refractivity contribution in [3.8, 4) is 0 Å². The van der Waals surface area contributed by atoms with Gasteiger partial charge in [0, 0.05) is 25.7 Å². The van der Waals surface area contributed by atoms with Gasteiger partial charge in [0.2, 0.25) is 0 Å². The number of hydrogen-bond acceptors (Lipinski definition) is 2. The molecule has 96 valence electrons. The molecule has 0 bridgehead atoms. The van der Waals surface area contributed by atoms with Crippen molar-refractivity contribution in [2.75, 3.05) is 26.2 Å². The molecule has 0 aliphatic carbocycles. The third-order valence-corrected chi connectivity index (χ3v) is 3.39. The zero-order valence-electron chi connectivity index (χ0n) is 10.6. The minimum Gasteiger partial charge on any atom is -0.315 e. The third-order valence-electron chi connectivity index (χ3n) is 3.39. The summed E-state index contributed by atoms with van der Waals surface area (Å²) in [7, 11) is 0. The smallest absolute Gasteiger partial charge is 0.0346 e. The average molecular weight is 255 g/mol. The van der Waals surface area contributed by atoms with Crippen molar-refractivity contribution in [1.29, 1.82) is 0 Å². The van der Waals surface area contributed by atoms with Crippen molar-refractivity contribution in [2.24, 2.45) is 0 Å². The van der Waals surface area contributed by atoms with E-state index in [1.165, 1.54) is 38.0 Å². The lowest BCUT2D eigenvalue weighted by Gasteiger charge is -2.30. The lowest BCUT2D eigenvalue weighted by molar-refractivity contribution is 0.205. The van der Waals surface area contributed by atoms with Crippen LogP contribution in [0, 0.1) is 0 Å². The molecule has 1 fully saturated rings. The molecule has 3 heteroatoms. The van der Waals surface area contributed by atoms with Crippen molar-refractivity contribution in [3.63, 3.8) is 0 Å². The largest absolute Gasteiger partial charge is 0.315 e. The number of nitrogens with zero attached hydrogens (tertiary/aromatic N) is 1. The second kappa shape index (κ2) is 7.70. The molecule has 0 spiro atoms. The first-order valence-corrected chi connectivity index (χ1v) is 6.41. The molecule has 2 nitrogen and oxygen atoms in total. The summed E-state index contributed by atoms with van der Waals surface area (Å²) in [5.41, 5.74) is 1.46. The van der Waals surface area contributed by atoms with Gasteiger partial charge in [-0.2, -0.15) is 0 Å². The molecule has 0 aromatic heterocycles. The van der Waals surface area contributed by atoms with Gasteiger partial charge in [0.1, 0.15) is 0 Å². The predicted molar refractivity (Wildman–Crippen MR) is 75.8 cm³/mol. The Hall–Kier alpha value is -0.570. The molecule has 1 atom stereocenters. The van der Waals surface area contributed by atoms with Crippen LogP contribution in [0.2, 0.25) is 0 Å². The SMILES string of the molecule is CCC(c1ccccc1)N1CCCNCC1.Cl. The molecule has 1 aromatic carbocycles. The Morgan fingerprint density at radius 2 is 1.94 bits per heavy atom. The van der Waals surface area contributed by atoms with Gasteiger partial charge in [0.15, 0.2) is 0 Å². The summed E-state index contributed by atoms with van der Waals surface area (Å²) in [4.78, 5) is 2.62. The molecule has 1 aliphatic heterocycles. The van der Waals surface area contributed by atoms with Crippen LogP contribution in [0.1, 0.15) is 31.4 Å². The topological polar surface area (TPSA) is 15.3 Å². The number of rotatable bonds is 3. The maximum Gasteiger partial charge on any atom is 0.0346 e. The Bertz CT molecular complexity index is 294. The highest BCUT2D eigenvalue weighted by molar-refractivity contribution is 5.85. The Balaban J connectivity index is 0.00000144. The summed E-state index contributed by atoms with van der Waals surface area (Å²) < 4.78 is 0. The first-order valence-electron chi connectivity index (χ1n) is 6.41. The maximum atomic E-state index is 3.47. The molecule has 0 amide bonds. The summed E-state index contributed by atoms with van der Waals surface area (Å²) in [6.07, 6.45) is 2.47. The normalized spacial score (nSPS) is 19.1. The molecule has 1 aliphatic rings. The van der Waals surface area contributed by atoms with Crippen LogP contribution >= 0.6 is 12.4 Å². The van der Waals surface area contributed by atoms with E-state index in [9.17, 15) is 0 Å². The Morgan fingerprint density at radius 1 is 1.18 bits per heavy atom. The van der Waals surface area contributed by atoms with Crippen LogP contribution in [0.15, 0.2) is 30.3 Å². The second-order valence-corrected chi connectivity index (χ2v) is 4.47. The first kappa shape index (κ1) is 14.5. The van der Waals surface area contributed by atoms with Crippen molar-refractivity contribution < 1.29 is 0 Å². The summed E-state index contributed by atoms with van der Waals surface area (Å²) in [5, 5.41) is 3.47. The molecule has 1 saturated heterocycles. The summed E-state index contributed by atoms with van der Waals surface area (Å²) >= 11 is 0. The van der Waals surface area contributed by atoms with E-state index in [0.717, 1.165) is 6.54 Å². The van der Waals surface area contributed by atoms with Crippen LogP contribution in [-0.2, 0) is 0 Å². The number of halogens is 1. The molecular weight excluding hydrogens is 232 g/mol. The van der Waals surface area contributed by atoms with E-state index in [1.54, 1.807) is 0 Å². The van der Waals surface area contributed by atoms with E-state index in [1.807, 2.05) is 0 Å². The van der Waals surface area contributed by atoms with E-state index in [0.29, 0.717) is 6.04 Å². The van der Waals surface area contributed by atoms with Gasteiger partial charge in [-0.15, -0.1) is 12.4 Å². The van der Waals surface area contributed by atoms with Gasteiger partial charge < -0.3 is 5.32 Å². The van der Waals surface area contributed by atoms with E-state index >= 15 is 0 Å². The minimum atomic E-state index is 0. The molecule has 2 rings (SSSR count). The molecule has 17 heavy (non-hydrogen) atoms. The van der Waals surface area contributed by atoms with Gasteiger partial charge in [-0.25, -0.2) is 0 Å². The average Bonchev–Trinajstić information content (AvgIpc) is 2.61. The molecule has 1 heterocycles. The Kier molecular flexibility index (Phi) is 6.56. The first-order chi connectivity index (χ1) is 7.92. The quantitative estimate of drug-likeness (QED) is 0.893. The highest BCUT2D eigenvalue weighted by atomic mass is 35.5. The minimum absolute atomic E-state index is 0. The van der Waals surface area contributed by atoms with E-state index in [-0.39, 0.29) is 12.4 Å². The van der Waals surface area contributed by atoms with Crippen LogP contribution in [0.3, 0.4) is 0 Å². The van der Waals surface area contributed by atoms with Crippen molar-refractivity contribution >= 4 is 12.4 Å². The van der Waals surface area contributed by atoms with Crippen molar-refractivity contribution in [2.45, 2.75) is 25.8 Å². The Morgan fingerprint density at radius 3 is 2.65 bits per heavy atom. The number of hydrogen-bond donors (Lipinski definition) is 1. The van der Waals surface area contributed by atoms with Gasteiger partial charge in [0.05, 0.1) is 0 Å². The molecule has 1 N–H and O–H groups in total. The van der Waals surface area contributed by atoms with Crippen molar-refractivity contribution in [3.05, 3.63) is 35.9 Å². The number of nitrogens with one attached hydrogen (secondary N) is 1.